The molecule has 1 atom stereocenters. The number of likely N-dealkylation sites (N-methyl/N-ethyl adjacent to an activating group) is 1. The van der Waals surface area contributed by atoms with Crippen molar-refractivity contribution in [3.05, 3.63) is 39.2 Å². The zero-order valence-corrected chi connectivity index (χ0v) is 14.2. The molecule has 0 saturated carbocycles. The van der Waals surface area contributed by atoms with E-state index in [1.165, 1.54) is 6.92 Å². The van der Waals surface area contributed by atoms with Gasteiger partial charge < -0.3 is 19.7 Å². The predicted octanol–water partition coefficient (Wildman–Crippen LogP) is 1.46. The second-order valence-corrected chi connectivity index (χ2v) is 6.48. The topological polar surface area (TPSA) is 82.8 Å². The molecule has 0 spiro atoms. The van der Waals surface area contributed by atoms with Crippen LogP contribution in [0.5, 0.6) is 5.75 Å². The first-order valence-corrected chi connectivity index (χ1v) is 8.09. The van der Waals surface area contributed by atoms with Crippen LogP contribution in [-0.4, -0.2) is 48.5 Å². The van der Waals surface area contributed by atoms with Gasteiger partial charge in [0.25, 0.3) is 0 Å². The number of phenolic OH excluding ortho intramolecular Hbond substituents is 1. The summed E-state index contributed by atoms with van der Waals surface area (Å²) in [5, 5.41) is 14.4. The highest BCUT2D eigenvalue weighted by Crippen LogP contribution is 2.31. The second-order valence-electron chi connectivity index (χ2n) is 6.48. The van der Waals surface area contributed by atoms with Crippen molar-refractivity contribution in [2.75, 3.05) is 26.7 Å². The molecule has 24 heavy (non-hydrogen) atoms. The van der Waals surface area contributed by atoms with Crippen LogP contribution in [0.1, 0.15) is 28.4 Å². The molecule has 128 valence electrons. The molecule has 6 nitrogen and oxygen atoms in total. The van der Waals surface area contributed by atoms with E-state index in [2.05, 4.69) is 10.2 Å². The quantitative estimate of drug-likeness (QED) is 0.655. The number of nitrogens with one attached hydrogen (secondary N) is 1. The number of rotatable bonds is 3. The van der Waals surface area contributed by atoms with Gasteiger partial charge in [0, 0.05) is 36.6 Å². The van der Waals surface area contributed by atoms with Gasteiger partial charge in [0.05, 0.1) is 0 Å². The number of hydrogen-bond acceptors (Lipinski definition) is 6. The number of piperazine rings is 1. The van der Waals surface area contributed by atoms with Crippen LogP contribution in [0.25, 0.3) is 11.0 Å². The number of nitrogens with zero attached hydrogens (tertiary/aromatic N) is 1. The van der Waals surface area contributed by atoms with E-state index in [1.54, 1.807) is 12.1 Å². The standard InChI is InChI=1S/C18H22N2O4/c1-10-6-16(22)15(7-12-9-19-4-5-20(12)3)17-13(10)8-14(11(2)21)18(23)24-17/h6,8,12,19,22H,4-5,7,9H2,1-3H3. The molecule has 1 unspecified atom stereocenters. The smallest absolute Gasteiger partial charge is 0.347 e. The van der Waals surface area contributed by atoms with E-state index in [9.17, 15) is 14.7 Å². The molecular weight excluding hydrogens is 308 g/mol. The summed E-state index contributed by atoms with van der Waals surface area (Å²) in [6.45, 7) is 5.83. The minimum absolute atomic E-state index is 0.0405. The molecular formula is C18H22N2O4. The van der Waals surface area contributed by atoms with Gasteiger partial charge in [-0.25, -0.2) is 4.79 Å². The van der Waals surface area contributed by atoms with Crippen LogP contribution in [0.15, 0.2) is 21.3 Å². The number of aromatic hydroxyl groups is 1. The molecule has 2 aromatic rings. The molecule has 2 heterocycles. The van der Waals surface area contributed by atoms with E-state index in [4.69, 9.17) is 4.42 Å². The lowest BCUT2D eigenvalue weighted by Gasteiger charge is -2.33. The van der Waals surface area contributed by atoms with Crippen molar-refractivity contribution in [3.63, 3.8) is 0 Å². The Hall–Kier alpha value is -2.18. The number of carbonyl (C=O) groups excluding carboxylic acids is 1. The van der Waals surface area contributed by atoms with Crippen molar-refractivity contribution in [2.24, 2.45) is 0 Å². The van der Waals surface area contributed by atoms with Gasteiger partial charge in [0.15, 0.2) is 5.78 Å². The molecule has 0 amide bonds. The first kappa shape index (κ1) is 16.7. The van der Waals surface area contributed by atoms with E-state index < -0.39 is 5.63 Å². The number of aryl methyl sites for hydroxylation is 1. The van der Waals surface area contributed by atoms with Crippen LogP contribution in [0.3, 0.4) is 0 Å². The highest BCUT2D eigenvalue weighted by molar-refractivity contribution is 5.97. The Morgan fingerprint density at radius 2 is 2.21 bits per heavy atom. The number of ketones is 1. The third-order valence-corrected chi connectivity index (χ3v) is 4.77. The molecule has 1 aromatic carbocycles. The zero-order valence-electron chi connectivity index (χ0n) is 14.2. The Labute approximate surface area is 140 Å². The lowest BCUT2D eigenvalue weighted by atomic mass is 9.97. The molecule has 1 aliphatic heterocycles. The third-order valence-electron chi connectivity index (χ3n) is 4.77. The Bertz CT molecular complexity index is 856. The van der Waals surface area contributed by atoms with Gasteiger partial charge in [-0.15, -0.1) is 0 Å². The van der Waals surface area contributed by atoms with E-state index in [0.29, 0.717) is 23.0 Å². The fourth-order valence-corrected chi connectivity index (χ4v) is 3.24. The van der Waals surface area contributed by atoms with E-state index in [1.807, 2.05) is 14.0 Å². The van der Waals surface area contributed by atoms with Gasteiger partial charge in [-0.1, -0.05) is 0 Å². The van der Waals surface area contributed by atoms with Crippen molar-refractivity contribution in [3.8, 4) is 5.75 Å². The van der Waals surface area contributed by atoms with Crippen molar-refractivity contribution in [1.82, 2.24) is 10.2 Å². The summed E-state index contributed by atoms with van der Waals surface area (Å²) in [4.78, 5) is 25.9. The van der Waals surface area contributed by atoms with E-state index in [0.717, 1.165) is 25.2 Å². The summed E-state index contributed by atoms with van der Waals surface area (Å²) in [5.41, 5.74) is 1.15. The van der Waals surface area contributed by atoms with Crippen LogP contribution < -0.4 is 10.9 Å². The molecule has 1 saturated heterocycles. The average molecular weight is 330 g/mol. The molecule has 1 aliphatic rings. The molecule has 2 N–H and O–H groups in total. The molecule has 1 aromatic heterocycles. The lowest BCUT2D eigenvalue weighted by molar-refractivity contribution is 0.101. The number of hydrogen-bond donors (Lipinski definition) is 2. The molecule has 6 heteroatoms. The monoisotopic (exact) mass is 330 g/mol. The molecule has 1 fully saturated rings. The fourth-order valence-electron chi connectivity index (χ4n) is 3.24. The lowest BCUT2D eigenvalue weighted by Crippen LogP contribution is -2.50. The number of benzene rings is 1. The van der Waals surface area contributed by atoms with Gasteiger partial charge in [-0.3, -0.25) is 4.79 Å². The normalized spacial score (nSPS) is 18.9. The van der Waals surface area contributed by atoms with Crippen molar-refractivity contribution in [1.29, 1.82) is 0 Å². The fraction of sp³-hybridized carbons (Fsp3) is 0.444. The first-order chi connectivity index (χ1) is 11.4. The Kier molecular flexibility index (Phi) is 4.43. The molecule has 0 bridgehead atoms. The van der Waals surface area contributed by atoms with Crippen molar-refractivity contribution in [2.45, 2.75) is 26.3 Å². The Morgan fingerprint density at radius 3 is 2.88 bits per heavy atom. The largest absolute Gasteiger partial charge is 0.508 e. The van der Waals surface area contributed by atoms with Gasteiger partial charge in [-0.2, -0.15) is 0 Å². The highest BCUT2D eigenvalue weighted by atomic mass is 16.4. The number of phenols is 1. The van der Waals surface area contributed by atoms with Crippen LogP contribution in [0, 0.1) is 6.92 Å². The first-order valence-electron chi connectivity index (χ1n) is 8.09. The van der Waals surface area contributed by atoms with E-state index >= 15 is 0 Å². The SMILES string of the molecule is CC(=O)c1cc2c(C)cc(O)c(CC3CNCCN3C)c2oc1=O. The van der Waals surface area contributed by atoms with Crippen LogP contribution in [0.2, 0.25) is 0 Å². The highest BCUT2D eigenvalue weighted by Gasteiger charge is 2.23. The molecule has 0 radical (unpaired) electrons. The predicted molar refractivity (Wildman–Crippen MR) is 91.9 cm³/mol. The minimum atomic E-state index is -0.656. The van der Waals surface area contributed by atoms with Gasteiger partial charge >= 0.3 is 5.63 Å². The third kappa shape index (κ3) is 2.95. The summed E-state index contributed by atoms with van der Waals surface area (Å²) in [6, 6.07) is 3.44. The Morgan fingerprint density at radius 1 is 1.46 bits per heavy atom. The zero-order chi connectivity index (χ0) is 17.4. The van der Waals surface area contributed by atoms with Crippen LogP contribution in [-0.2, 0) is 6.42 Å². The summed E-state index contributed by atoms with van der Waals surface area (Å²) in [5.74, 6) is -0.200. The number of Topliss-reactive ketones (excluding diaryl/α,β-unsaturated/α-hetero) is 1. The van der Waals surface area contributed by atoms with Gasteiger partial charge in [0.1, 0.15) is 16.9 Å². The number of carbonyl (C=O) groups is 1. The molecule has 3 rings (SSSR count). The van der Waals surface area contributed by atoms with E-state index in [-0.39, 0.29) is 23.1 Å². The maximum atomic E-state index is 12.1. The van der Waals surface area contributed by atoms with Crippen molar-refractivity contribution < 1.29 is 14.3 Å². The van der Waals surface area contributed by atoms with Crippen LogP contribution in [0.4, 0.5) is 0 Å². The van der Waals surface area contributed by atoms with Gasteiger partial charge in [-0.05, 0) is 45.0 Å². The molecule has 0 aliphatic carbocycles. The Balaban J connectivity index is 2.15. The average Bonchev–Trinajstić information content (AvgIpc) is 2.52. The number of fused-ring (bicyclic) bond motifs is 1. The minimum Gasteiger partial charge on any atom is -0.508 e. The summed E-state index contributed by atoms with van der Waals surface area (Å²) in [6.07, 6.45) is 0.564. The summed E-state index contributed by atoms with van der Waals surface area (Å²) < 4.78 is 5.45. The summed E-state index contributed by atoms with van der Waals surface area (Å²) >= 11 is 0. The van der Waals surface area contributed by atoms with Crippen LogP contribution >= 0.6 is 0 Å². The maximum absolute atomic E-state index is 12.1. The maximum Gasteiger partial charge on any atom is 0.347 e. The van der Waals surface area contributed by atoms with Gasteiger partial charge in [0.2, 0.25) is 0 Å². The summed E-state index contributed by atoms with van der Waals surface area (Å²) in [7, 11) is 2.04. The van der Waals surface area contributed by atoms with Crippen molar-refractivity contribution >= 4 is 16.8 Å². The second kappa shape index (κ2) is 6.37.